The molecule has 5 unspecified atom stereocenters. The molecule has 0 spiro atoms. The summed E-state index contributed by atoms with van der Waals surface area (Å²) in [7, 11) is 0. The third kappa shape index (κ3) is 2.12. The van der Waals surface area contributed by atoms with Crippen LogP contribution in [0.1, 0.15) is 25.7 Å². The molecule has 2 nitrogen and oxygen atoms in total. The predicted octanol–water partition coefficient (Wildman–Crippen LogP) is 3.03. The van der Waals surface area contributed by atoms with Crippen molar-refractivity contribution in [2.45, 2.75) is 37.5 Å². The van der Waals surface area contributed by atoms with Gasteiger partial charge in [0.1, 0.15) is 5.78 Å². The van der Waals surface area contributed by atoms with Gasteiger partial charge in [0.05, 0.1) is 0 Å². The summed E-state index contributed by atoms with van der Waals surface area (Å²) in [6.45, 7) is 0. The number of aliphatic hydroxyl groups is 1. The summed E-state index contributed by atoms with van der Waals surface area (Å²) in [6, 6.07) is 0. The average Bonchev–Trinajstić information content (AvgIpc) is 3.05. The van der Waals surface area contributed by atoms with Gasteiger partial charge in [-0.15, -0.1) is 0 Å². The molecule has 110 valence electrons. The lowest BCUT2D eigenvalue weighted by Crippen LogP contribution is -2.48. The van der Waals surface area contributed by atoms with Crippen LogP contribution < -0.4 is 0 Å². The van der Waals surface area contributed by atoms with E-state index in [1.807, 2.05) is 0 Å². The van der Waals surface area contributed by atoms with Gasteiger partial charge in [0.15, 0.2) is 5.60 Å². The van der Waals surface area contributed by atoms with Gasteiger partial charge >= 0.3 is 6.18 Å². The number of rotatable bonds is 0. The number of hydrogen-bond donors (Lipinski definition) is 1. The van der Waals surface area contributed by atoms with Crippen molar-refractivity contribution in [3.8, 4) is 0 Å². The van der Waals surface area contributed by atoms with Crippen molar-refractivity contribution in [3.63, 3.8) is 0 Å². The fourth-order valence-corrected chi connectivity index (χ4v) is 3.73. The molecular weight excluding hydrogens is 269 g/mol. The lowest BCUT2D eigenvalue weighted by Gasteiger charge is -2.31. The molecule has 4 bridgehead atoms. The van der Waals surface area contributed by atoms with Crippen LogP contribution >= 0.6 is 0 Å². The first kappa shape index (κ1) is 13.9. The number of halogens is 3. The molecule has 0 aromatic heterocycles. The number of Topliss-reactive ketones (excluding diaryl/α,β-unsaturated/α-hetero) is 1. The maximum absolute atomic E-state index is 12.3. The predicted molar refractivity (Wildman–Crippen MR) is 66.7 cm³/mol. The Hall–Kier alpha value is -1.10. The van der Waals surface area contributed by atoms with E-state index in [-0.39, 0.29) is 12.3 Å². The van der Waals surface area contributed by atoms with E-state index in [0.717, 1.165) is 12.8 Å². The van der Waals surface area contributed by atoms with Gasteiger partial charge in [-0.1, -0.05) is 24.3 Å². The quantitative estimate of drug-likeness (QED) is 0.695. The molecule has 2 fully saturated rings. The van der Waals surface area contributed by atoms with Crippen LogP contribution in [0.15, 0.2) is 24.3 Å². The highest BCUT2D eigenvalue weighted by Gasteiger charge is 2.63. The molecule has 4 aliphatic carbocycles. The summed E-state index contributed by atoms with van der Waals surface area (Å²) in [5.41, 5.74) is -2.44. The molecule has 0 radical (unpaired) electrons. The first-order valence-electron chi connectivity index (χ1n) is 6.98. The van der Waals surface area contributed by atoms with Gasteiger partial charge < -0.3 is 5.11 Å². The molecule has 0 heterocycles. The monoisotopic (exact) mass is 286 g/mol. The summed E-state index contributed by atoms with van der Waals surface area (Å²) >= 11 is 0. The number of allylic oxidation sites excluding steroid dienone is 3. The summed E-state index contributed by atoms with van der Waals surface area (Å²) in [5, 5.41) is 9.34. The van der Waals surface area contributed by atoms with E-state index in [2.05, 4.69) is 12.2 Å². The van der Waals surface area contributed by atoms with Crippen LogP contribution in [0.2, 0.25) is 0 Å². The number of hydrogen-bond acceptors (Lipinski definition) is 2. The van der Waals surface area contributed by atoms with E-state index in [1.165, 1.54) is 6.08 Å². The summed E-state index contributed by atoms with van der Waals surface area (Å²) in [5.74, 6) is 0.620. The summed E-state index contributed by atoms with van der Waals surface area (Å²) < 4.78 is 37.0. The molecule has 0 amide bonds. The van der Waals surface area contributed by atoms with Crippen molar-refractivity contribution in [2.75, 3.05) is 0 Å². The molecule has 20 heavy (non-hydrogen) atoms. The van der Waals surface area contributed by atoms with Gasteiger partial charge in [-0.25, -0.2) is 0 Å². The van der Waals surface area contributed by atoms with E-state index >= 15 is 0 Å². The largest absolute Gasteiger partial charge is 0.417 e. The second kappa shape index (κ2) is 4.45. The van der Waals surface area contributed by atoms with E-state index in [9.17, 15) is 23.1 Å². The van der Waals surface area contributed by atoms with Crippen molar-refractivity contribution >= 4 is 5.78 Å². The lowest BCUT2D eigenvalue weighted by molar-refractivity contribution is -0.268. The fourth-order valence-electron chi connectivity index (χ4n) is 3.73. The van der Waals surface area contributed by atoms with Crippen LogP contribution in [0.5, 0.6) is 0 Å². The van der Waals surface area contributed by atoms with Crippen molar-refractivity contribution in [3.05, 3.63) is 24.3 Å². The molecule has 2 saturated carbocycles. The van der Waals surface area contributed by atoms with Crippen LogP contribution in [0.25, 0.3) is 0 Å². The number of ketones is 1. The molecule has 0 aromatic rings. The Bertz CT molecular complexity index is 480. The topological polar surface area (TPSA) is 37.3 Å². The Morgan fingerprint density at radius 2 is 1.80 bits per heavy atom. The Morgan fingerprint density at radius 1 is 1.10 bits per heavy atom. The zero-order valence-corrected chi connectivity index (χ0v) is 10.9. The zero-order chi connectivity index (χ0) is 14.5. The van der Waals surface area contributed by atoms with Crippen LogP contribution in [-0.2, 0) is 4.79 Å². The molecule has 5 heteroatoms. The minimum absolute atomic E-state index is 0.0679. The van der Waals surface area contributed by atoms with Crippen molar-refractivity contribution in [1.82, 2.24) is 0 Å². The van der Waals surface area contributed by atoms with Crippen LogP contribution in [-0.4, -0.2) is 22.7 Å². The third-order valence-corrected chi connectivity index (χ3v) is 4.90. The highest BCUT2D eigenvalue weighted by atomic mass is 19.4. The first-order chi connectivity index (χ1) is 9.29. The molecular formula is C15H17F3O2. The van der Waals surface area contributed by atoms with E-state index < -0.39 is 17.7 Å². The first-order valence-corrected chi connectivity index (χ1v) is 6.98. The highest BCUT2D eigenvalue weighted by molar-refractivity contribution is 5.86. The van der Waals surface area contributed by atoms with Gasteiger partial charge in [-0.05, 0) is 31.1 Å². The summed E-state index contributed by atoms with van der Waals surface area (Å²) in [6.07, 6.45) is 5.24. The third-order valence-electron chi connectivity index (χ3n) is 4.90. The SMILES string of the molecule is O=C1CC2C=CC1C2.OC1(C(F)(F)F)CC2C=CC1C2. The smallest absolute Gasteiger partial charge is 0.380 e. The fraction of sp³-hybridized carbons (Fsp3) is 0.667. The van der Waals surface area contributed by atoms with E-state index in [4.69, 9.17) is 0 Å². The molecule has 1 N–H and O–H groups in total. The molecule has 0 aliphatic heterocycles. The summed E-state index contributed by atoms with van der Waals surface area (Å²) in [4.78, 5) is 10.8. The minimum atomic E-state index is -4.48. The van der Waals surface area contributed by atoms with Gasteiger partial charge in [-0.3, -0.25) is 4.79 Å². The van der Waals surface area contributed by atoms with Gasteiger partial charge in [0.25, 0.3) is 0 Å². The number of carbonyl (C=O) groups excluding carboxylic acids is 1. The molecule has 0 saturated heterocycles. The Labute approximate surface area is 115 Å². The van der Waals surface area contributed by atoms with Crippen LogP contribution in [0.3, 0.4) is 0 Å². The van der Waals surface area contributed by atoms with Crippen LogP contribution in [0, 0.1) is 23.7 Å². The zero-order valence-electron chi connectivity index (χ0n) is 10.9. The Morgan fingerprint density at radius 3 is 2.05 bits per heavy atom. The minimum Gasteiger partial charge on any atom is -0.380 e. The van der Waals surface area contributed by atoms with Crippen molar-refractivity contribution in [1.29, 1.82) is 0 Å². The number of fused-ring (bicyclic) bond motifs is 4. The maximum atomic E-state index is 12.3. The number of carbonyl (C=O) groups is 1. The second-order valence-electron chi connectivity index (χ2n) is 6.27. The molecule has 0 aromatic carbocycles. The molecule has 5 atom stereocenters. The van der Waals surface area contributed by atoms with Gasteiger partial charge in [-0.2, -0.15) is 13.2 Å². The average molecular weight is 286 g/mol. The van der Waals surface area contributed by atoms with Crippen molar-refractivity contribution < 1.29 is 23.1 Å². The molecule has 4 rings (SSSR count). The van der Waals surface area contributed by atoms with E-state index in [0.29, 0.717) is 24.0 Å². The Balaban J connectivity index is 0.000000131. The highest BCUT2D eigenvalue weighted by Crippen LogP contribution is 2.53. The lowest BCUT2D eigenvalue weighted by atomic mass is 9.88. The number of alkyl halides is 3. The molecule has 4 aliphatic rings. The van der Waals surface area contributed by atoms with Crippen molar-refractivity contribution in [2.24, 2.45) is 23.7 Å². The maximum Gasteiger partial charge on any atom is 0.417 e. The second-order valence-corrected chi connectivity index (χ2v) is 6.27. The standard InChI is InChI=1S/C8H9F3O.C7H8O/c9-8(10,11)7(12)4-5-1-2-6(7)3-5;8-7-4-5-1-2-6(7)3-5/h1-2,5-6,12H,3-4H2;1-2,5-6H,3-4H2. The Kier molecular flexibility index (Phi) is 3.08. The van der Waals surface area contributed by atoms with Crippen LogP contribution in [0.4, 0.5) is 13.2 Å². The van der Waals surface area contributed by atoms with E-state index in [1.54, 1.807) is 6.08 Å². The van der Waals surface area contributed by atoms with Gasteiger partial charge in [0, 0.05) is 18.3 Å². The van der Waals surface area contributed by atoms with Gasteiger partial charge in [0.2, 0.25) is 0 Å². The normalized spacial score (nSPS) is 44.1.